The molecule has 0 radical (unpaired) electrons. The van der Waals surface area contributed by atoms with Crippen LogP contribution in [0.3, 0.4) is 0 Å². The van der Waals surface area contributed by atoms with Crippen LogP contribution < -0.4 is 14.8 Å². The van der Waals surface area contributed by atoms with Crippen molar-refractivity contribution in [3.05, 3.63) is 42.6 Å². The summed E-state index contributed by atoms with van der Waals surface area (Å²) in [6.45, 7) is 2.35. The molecule has 0 aliphatic rings. The highest BCUT2D eigenvalue weighted by atomic mass is 35.7. The molecule has 0 aliphatic carbocycles. The number of pyridine rings is 1. The van der Waals surface area contributed by atoms with Crippen molar-refractivity contribution in [3.8, 4) is 11.6 Å². The van der Waals surface area contributed by atoms with Crippen molar-refractivity contribution >= 4 is 37.7 Å². The van der Waals surface area contributed by atoms with Gasteiger partial charge in [-0.2, -0.15) is 0 Å². The van der Waals surface area contributed by atoms with E-state index in [1.165, 1.54) is 12.1 Å². The third-order valence-electron chi connectivity index (χ3n) is 3.19. The number of unbranched alkanes of at least 4 members (excludes halogenated alkanes) is 1. The Morgan fingerprint density at radius 1 is 1.31 bits per heavy atom. The molecule has 2 rings (SSSR count). The summed E-state index contributed by atoms with van der Waals surface area (Å²) < 4.78 is 32.6. The molecule has 1 heterocycles. The van der Waals surface area contributed by atoms with E-state index in [0.717, 1.165) is 23.8 Å². The highest BCUT2D eigenvalue weighted by Crippen LogP contribution is 2.33. The third kappa shape index (κ3) is 5.79. The van der Waals surface area contributed by atoms with E-state index in [9.17, 15) is 13.2 Å². The molecule has 7 nitrogen and oxygen atoms in total. The van der Waals surface area contributed by atoms with E-state index in [4.69, 9.17) is 15.4 Å². The number of hydrogen-bond donors (Lipinski definition) is 2. The first-order valence-corrected chi connectivity index (χ1v) is 10.9. The van der Waals surface area contributed by atoms with Gasteiger partial charge in [-0.1, -0.05) is 19.4 Å². The molecule has 0 saturated heterocycles. The van der Waals surface area contributed by atoms with Gasteiger partial charge in [0.1, 0.15) is 10.6 Å². The molecule has 1 aromatic heterocycles. The van der Waals surface area contributed by atoms with E-state index >= 15 is 0 Å². The first-order valence-electron chi connectivity index (χ1n) is 7.78. The van der Waals surface area contributed by atoms with Crippen molar-refractivity contribution < 1.29 is 17.9 Å². The molecule has 0 aliphatic heterocycles. The number of rotatable bonds is 8. The van der Waals surface area contributed by atoms with Crippen molar-refractivity contribution in [1.29, 1.82) is 0 Å². The Labute approximate surface area is 161 Å². The standard InChI is InChI=1S/C16H18ClN3O4S2/c1-2-3-9-19-16(21)20-26(22,23)14-11-12(7-8-13(14)25-17)24-15-6-4-5-10-18-15/h4-8,10-11H,2-3,9H2,1H3,(H2,19,20,21). The summed E-state index contributed by atoms with van der Waals surface area (Å²) in [4.78, 5) is 15.9. The molecule has 0 unspecified atom stereocenters. The molecule has 26 heavy (non-hydrogen) atoms. The fraction of sp³-hybridized carbons (Fsp3) is 0.250. The Kier molecular flexibility index (Phi) is 7.55. The average molecular weight is 416 g/mol. The van der Waals surface area contributed by atoms with Gasteiger partial charge in [0.25, 0.3) is 10.0 Å². The molecule has 2 amide bonds. The number of halogens is 1. The molecule has 0 spiro atoms. The van der Waals surface area contributed by atoms with Crippen LogP contribution in [-0.2, 0) is 10.0 Å². The fourth-order valence-corrected chi connectivity index (χ4v) is 4.23. The number of nitrogens with one attached hydrogen (secondary N) is 2. The Morgan fingerprint density at radius 2 is 2.12 bits per heavy atom. The number of nitrogens with zero attached hydrogens (tertiary/aromatic N) is 1. The predicted molar refractivity (Wildman–Crippen MR) is 101 cm³/mol. The van der Waals surface area contributed by atoms with Crippen LogP contribution in [0.1, 0.15) is 19.8 Å². The number of carbonyl (C=O) groups is 1. The number of aromatic nitrogens is 1. The van der Waals surface area contributed by atoms with Crippen LogP contribution in [0.25, 0.3) is 0 Å². The lowest BCUT2D eigenvalue weighted by atomic mass is 10.3. The van der Waals surface area contributed by atoms with Gasteiger partial charge < -0.3 is 10.1 Å². The zero-order valence-electron chi connectivity index (χ0n) is 13.9. The number of sulfonamides is 1. The van der Waals surface area contributed by atoms with Gasteiger partial charge in [0.05, 0.1) is 0 Å². The van der Waals surface area contributed by atoms with Gasteiger partial charge in [0, 0.05) is 29.8 Å². The highest BCUT2D eigenvalue weighted by molar-refractivity contribution is 8.21. The molecule has 2 N–H and O–H groups in total. The summed E-state index contributed by atoms with van der Waals surface area (Å²) in [5.41, 5.74) is 0. The second-order valence-corrected chi connectivity index (χ2v) is 7.88. The van der Waals surface area contributed by atoms with E-state index in [0.29, 0.717) is 12.4 Å². The molecular weight excluding hydrogens is 398 g/mol. The Morgan fingerprint density at radius 3 is 2.77 bits per heavy atom. The first-order chi connectivity index (χ1) is 12.5. The number of hydrogen-bond acceptors (Lipinski definition) is 6. The number of ether oxygens (including phenoxy) is 1. The fourth-order valence-electron chi connectivity index (χ4n) is 1.95. The van der Waals surface area contributed by atoms with Crippen molar-refractivity contribution in [2.45, 2.75) is 29.6 Å². The summed E-state index contributed by atoms with van der Waals surface area (Å²) in [6, 6.07) is 8.68. The van der Waals surface area contributed by atoms with E-state index in [1.54, 1.807) is 30.5 Å². The summed E-state index contributed by atoms with van der Waals surface area (Å²) in [5, 5.41) is 2.49. The quantitative estimate of drug-likeness (QED) is 0.634. The Balaban J connectivity index is 2.22. The lowest BCUT2D eigenvalue weighted by Crippen LogP contribution is -2.39. The van der Waals surface area contributed by atoms with Gasteiger partial charge in [-0.25, -0.2) is 22.9 Å². The third-order valence-corrected chi connectivity index (χ3v) is 5.71. The van der Waals surface area contributed by atoms with Gasteiger partial charge in [-0.05, 0) is 46.3 Å². The van der Waals surface area contributed by atoms with Crippen molar-refractivity contribution in [3.63, 3.8) is 0 Å². The van der Waals surface area contributed by atoms with Crippen molar-refractivity contribution in [1.82, 2.24) is 15.0 Å². The van der Waals surface area contributed by atoms with Gasteiger partial charge in [-0.3, -0.25) is 0 Å². The lowest BCUT2D eigenvalue weighted by Gasteiger charge is -2.12. The second kappa shape index (κ2) is 9.65. The maximum absolute atomic E-state index is 12.5. The summed E-state index contributed by atoms with van der Waals surface area (Å²) >= 11 is 0. The van der Waals surface area contributed by atoms with Gasteiger partial charge in [0.15, 0.2) is 0 Å². The van der Waals surface area contributed by atoms with Crippen molar-refractivity contribution in [2.75, 3.05) is 6.54 Å². The Hall–Kier alpha value is -1.97. The van der Waals surface area contributed by atoms with E-state index < -0.39 is 16.1 Å². The summed E-state index contributed by atoms with van der Waals surface area (Å²) in [5.74, 6) is 0.567. The molecule has 0 atom stereocenters. The summed E-state index contributed by atoms with van der Waals surface area (Å²) in [6.07, 6.45) is 3.19. The maximum atomic E-state index is 12.5. The normalized spacial score (nSPS) is 11.0. The molecule has 0 bridgehead atoms. The number of amides is 2. The second-order valence-electron chi connectivity index (χ2n) is 5.17. The summed E-state index contributed by atoms with van der Waals surface area (Å²) in [7, 11) is 2.37. The van der Waals surface area contributed by atoms with Gasteiger partial charge in [-0.15, -0.1) is 0 Å². The molecule has 140 valence electrons. The van der Waals surface area contributed by atoms with Crippen LogP contribution in [0.2, 0.25) is 0 Å². The predicted octanol–water partition coefficient (Wildman–Crippen LogP) is 3.91. The number of urea groups is 1. The molecule has 0 fully saturated rings. The van der Waals surface area contributed by atoms with Crippen LogP contribution in [0.5, 0.6) is 11.6 Å². The topological polar surface area (TPSA) is 97.4 Å². The minimum absolute atomic E-state index is 0.156. The zero-order chi connectivity index (χ0) is 19.0. The molecule has 10 heteroatoms. The lowest BCUT2D eigenvalue weighted by molar-refractivity contribution is 0.245. The number of carbonyl (C=O) groups excluding carboxylic acids is 1. The molecular formula is C16H18ClN3O4S2. The maximum Gasteiger partial charge on any atom is 0.328 e. The largest absolute Gasteiger partial charge is 0.439 e. The van der Waals surface area contributed by atoms with E-state index in [2.05, 4.69) is 10.3 Å². The van der Waals surface area contributed by atoms with Crippen LogP contribution in [0, 0.1) is 0 Å². The van der Waals surface area contributed by atoms with Crippen LogP contribution in [-0.4, -0.2) is 26.0 Å². The van der Waals surface area contributed by atoms with E-state index in [1.807, 2.05) is 11.6 Å². The van der Waals surface area contributed by atoms with E-state index in [-0.39, 0.29) is 15.5 Å². The molecule has 2 aromatic rings. The minimum atomic E-state index is -4.12. The average Bonchev–Trinajstić information content (AvgIpc) is 2.62. The van der Waals surface area contributed by atoms with Crippen molar-refractivity contribution in [2.24, 2.45) is 0 Å². The number of benzene rings is 1. The monoisotopic (exact) mass is 415 g/mol. The minimum Gasteiger partial charge on any atom is -0.439 e. The SMILES string of the molecule is CCCCNC(=O)NS(=O)(=O)c1cc(Oc2ccccn2)ccc1SCl. The highest BCUT2D eigenvalue weighted by Gasteiger charge is 2.22. The van der Waals surface area contributed by atoms with Crippen LogP contribution in [0.15, 0.2) is 52.4 Å². The van der Waals surface area contributed by atoms with Crippen LogP contribution >= 0.6 is 21.7 Å². The zero-order valence-corrected chi connectivity index (χ0v) is 16.3. The molecule has 1 aromatic carbocycles. The first kappa shape index (κ1) is 20.3. The van der Waals surface area contributed by atoms with Gasteiger partial charge in [0.2, 0.25) is 5.88 Å². The Bertz CT molecular complexity index is 848. The van der Waals surface area contributed by atoms with Crippen LogP contribution in [0.4, 0.5) is 4.79 Å². The van der Waals surface area contributed by atoms with Gasteiger partial charge >= 0.3 is 6.03 Å². The molecule has 0 saturated carbocycles. The smallest absolute Gasteiger partial charge is 0.328 e.